The van der Waals surface area contributed by atoms with Gasteiger partial charge in [-0.25, -0.2) is 4.79 Å². The average molecular weight is 232 g/mol. The van der Waals surface area contributed by atoms with Crippen molar-refractivity contribution in [1.29, 1.82) is 0 Å². The van der Waals surface area contributed by atoms with Gasteiger partial charge in [0.1, 0.15) is 6.04 Å². The summed E-state index contributed by atoms with van der Waals surface area (Å²) >= 11 is 0. The standard InChI is InChI=1S/C10H20N2O4/c1-6(2)3-7(4-11)9(14)12-8(5-13)10(15)16/h6-8,13H,3-5,11H2,1-2H3,(H,12,14)(H,15,16)/t7?,8-/m1/s1. The summed E-state index contributed by atoms with van der Waals surface area (Å²) in [7, 11) is 0. The molecule has 0 heterocycles. The van der Waals surface area contributed by atoms with Crippen LogP contribution >= 0.6 is 0 Å². The topological polar surface area (TPSA) is 113 Å². The van der Waals surface area contributed by atoms with Gasteiger partial charge in [-0.15, -0.1) is 0 Å². The maximum Gasteiger partial charge on any atom is 0.328 e. The van der Waals surface area contributed by atoms with Gasteiger partial charge in [-0.05, 0) is 12.3 Å². The van der Waals surface area contributed by atoms with Gasteiger partial charge in [-0.2, -0.15) is 0 Å². The van der Waals surface area contributed by atoms with Crippen LogP contribution in [0.3, 0.4) is 0 Å². The van der Waals surface area contributed by atoms with Gasteiger partial charge in [0.25, 0.3) is 0 Å². The van der Waals surface area contributed by atoms with Crippen LogP contribution in [-0.4, -0.2) is 41.3 Å². The summed E-state index contributed by atoms with van der Waals surface area (Å²) in [4.78, 5) is 22.2. The molecule has 6 heteroatoms. The smallest absolute Gasteiger partial charge is 0.328 e. The third-order valence-corrected chi connectivity index (χ3v) is 2.21. The highest BCUT2D eigenvalue weighted by molar-refractivity contribution is 5.85. The zero-order chi connectivity index (χ0) is 12.7. The van der Waals surface area contributed by atoms with Gasteiger partial charge < -0.3 is 21.3 Å². The van der Waals surface area contributed by atoms with Crippen LogP contribution in [0.4, 0.5) is 0 Å². The molecule has 0 aromatic rings. The third-order valence-electron chi connectivity index (χ3n) is 2.21. The number of carbonyl (C=O) groups excluding carboxylic acids is 1. The summed E-state index contributed by atoms with van der Waals surface area (Å²) in [6.07, 6.45) is 0.597. The second-order valence-electron chi connectivity index (χ2n) is 4.14. The number of aliphatic hydroxyl groups is 1. The van der Waals surface area contributed by atoms with Crippen LogP contribution in [0, 0.1) is 11.8 Å². The Labute approximate surface area is 94.8 Å². The van der Waals surface area contributed by atoms with Gasteiger partial charge in [-0.3, -0.25) is 4.79 Å². The van der Waals surface area contributed by atoms with Gasteiger partial charge >= 0.3 is 5.97 Å². The first-order valence-corrected chi connectivity index (χ1v) is 5.26. The number of carbonyl (C=O) groups is 2. The maximum absolute atomic E-state index is 11.6. The first-order chi connectivity index (χ1) is 7.42. The lowest BCUT2D eigenvalue weighted by Crippen LogP contribution is -2.47. The number of aliphatic carboxylic acids is 1. The lowest BCUT2D eigenvalue weighted by atomic mass is 9.96. The highest BCUT2D eigenvalue weighted by Crippen LogP contribution is 2.10. The van der Waals surface area contributed by atoms with E-state index in [1.54, 1.807) is 0 Å². The molecule has 0 saturated heterocycles. The number of nitrogens with two attached hydrogens (primary N) is 1. The van der Waals surface area contributed by atoms with Crippen molar-refractivity contribution in [3.63, 3.8) is 0 Å². The van der Waals surface area contributed by atoms with Crippen LogP contribution in [0.25, 0.3) is 0 Å². The van der Waals surface area contributed by atoms with Gasteiger partial charge in [0.15, 0.2) is 0 Å². The first-order valence-electron chi connectivity index (χ1n) is 5.26. The fourth-order valence-corrected chi connectivity index (χ4v) is 1.35. The van der Waals surface area contributed by atoms with E-state index in [9.17, 15) is 9.59 Å². The van der Waals surface area contributed by atoms with Crippen LogP contribution in [0.5, 0.6) is 0 Å². The van der Waals surface area contributed by atoms with E-state index in [2.05, 4.69) is 5.32 Å². The Balaban J connectivity index is 4.34. The lowest BCUT2D eigenvalue weighted by Gasteiger charge is -2.19. The summed E-state index contributed by atoms with van der Waals surface area (Å²) in [5.41, 5.74) is 5.44. The molecule has 6 nitrogen and oxygen atoms in total. The minimum Gasteiger partial charge on any atom is -0.480 e. The molecular weight excluding hydrogens is 212 g/mol. The molecule has 0 radical (unpaired) electrons. The Morgan fingerprint density at radius 2 is 1.94 bits per heavy atom. The van der Waals surface area contributed by atoms with E-state index in [1.165, 1.54) is 0 Å². The van der Waals surface area contributed by atoms with Gasteiger partial charge in [-0.1, -0.05) is 13.8 Å². The molecule has 0 fully saturated rings. The van der Waals surface area contributed by atoms with E-state index >= 15 is 0 Å². The number of carboxylic acids is 1. The van der Waals surface area contributed by atoms with Crippen LogP contribution < -0.4 is 11.1 Å². The van der Waals surface area contributed by atoms with E-state index in [0.29, 0.717) is 12.3 Å². The largest absolute Gasteiger partial charge is 0.480 e. The SMILES string of the molecule is CC(C)CC(CN)C(=O)N[C@H](CO)C(=O)O. The van der Waals surface area contributed by atoms with Crippen molar-refractivity contribution >= 4 is 11.9 Å². The number of hydrogen-bond acceptors (Lipinski definition) is 4. The fraction of sp³-hybridized carbons (Fsp3) is 0.800. The van der Waals surface area contributed by atoms with Crippen molar-refractivity contribution in [2.75, 3.05) is 13.2 Å². The number of amides is 1. The van der Waals surface area contributed by atoms with Crippen molar-refractivity contribution in [1.82, 2.24) is 5.32 Å². The maximum atomic E-state index is 11.6. The molecule has 0 aromatic heterocycles. The van der Waals surface area contributed by atoms with Gasteiger partial charge in [0.05, 0.1) is 12.5 Å². The molecule has 0 aliphatic carbocycles. The molecule has 5 N–H and O–H groups in total. The molecule has 0 saturated carbocycles. The number of rotatable bonds is 7. The van der Waals surface area contributed by atoms with Crippen molar-refractivity contribution in [3.8, 4) is 0 Å². The number of hydrogen-bond donors (Lipinski definition) is 4. The summed E-state index contributed by atoms with van der Waals surface area (Å²) < 4.78 is 0. The average Bonchev–Trinajstić information content (AvgIpc) is 2.21. The van der Waals surface area contributed by atoms with E-state index in [-0.39, 0.29) is 6.54 Å². The minimum absolute atomic E-state index is 0.168. The van der Waals surface area contributed by atoms with Crippen molar-refractivity contribution in [2.45, 2.75) is 26.3 Å². The Bertz CT molecular complexity index is 243. The Kier molecular flexibility index (Phi) is 6.67. The van der Waals surface area contributed by atoms with E-state index < -0.39 is 30.4 Å². The van der Waals surface area contributed by atoms with Gasteiger partial charge in [0, 0.05) is 6.54 Å². The van der Waals surface area contributed by atoms with Crippen molar-refractivity contribution in [2.24, 2.45) is 17.6 Å². The Morgan fingerprint density at radius 3 is 2.25 bits per heavy atom. The lowest BCUT2D eigenvalue weighted by molar-refractivity contribution is -0.143. The highest BCUT2D eigenvalue weighted by atomic mass is 16.4. The van der Waals surface area contributed by atoms with Crippen LogP contribution in [0.2, 0.25) is 0 Å². The van der Waals surface area contributed by atoms with Crippen LogP contribution in [0.15, 0.2) is 0 Å². The zero-order valence-corrected chi connectivity index (χ0v) is 9.64. The van der Waals surface area contributed by atoms with E-state index in [4.69, 9.17) is 15.9 Å². The molecule has 1 amide bonds. The molecule has 16 heavy (non-hydrogen) atoms. The van der Waals surface area contributed by atoms with Crippen molar-refractivity contribution < 1.29 is 19.8 Å². The minimum atomic E-state index is -1.26. The summed E-state index contributed by atoms with van der Waals surface area (Å²) in [5, 5.41) is 19.7. The molecule has 1 unspecified atom stereocenters. The summed E-state index contributed by atoms with van der Waals surface area (Å²) in [6, 6.07) is -1.26. The predicted octanol–water partition coefficient (Wildman–Crippen LogP) is -0.831. The molecule has 0 rings (SSSR count). The Hall–Kier alpha value is -1.14. The third kappa shape index (κ3) is 5.09. The summed E-state index contributed by atoms with van der Waals surface area (Å²) in [6.45, 7) is 3.45. The molecule has 0 aliphatic heterocycles. The predicted molar refractivity (Wildman–Crippen MR) is 58.7 cm³/mol. The van der Waals surface area contributed by atoms with Crippen molar-refractivity contribution in [3.05, 3.63) is 0 Å². The molecule has 94 valence electrons. The van der Waals surface area contributed by atoms with Crippen LogP contribution in [0.1, 0.15) is 20.3 Å². The molecule has 0 aliphatic rings. The summed E-state index contributed by atoms with van der Waals surface area (Å²) in [5.74, 6) is -1.78. The molecular formula is C10H20N2O4. The molecule has 2 atom stereocenters. The van der Waals surface area contributed by atoms with E-state index in [0.717, 1.165) is 0 Å². The zero-order valence-electron chi connectivity index (χ0n) is 9.64. The molecule has 0 aromatic carbocycles. The first kappa shape index (κ1) is 14.9. The number of carboxylic acid groups (broad SMARTS) is 1. The Morgan fingerprint density at radius 1 is 1.38 bits per heavy atom. The molecule has 0 spiro atoms. The second kappa shape index (κ2) is 7.19. The second-order valence-corrected chi connectivity index (χ2v) is 4.14. The quantitative estimate of drug-likeness (QED) is 0.457. The highest BCUT2D eigenvalue weighted by Gasteiger charge is 2.24. The van der Waals surface area contributed by atoms with E-state index in [1.807, 2.05) is 13.8 Å². The number of aliphatic hydroxyl groups excluding tert-OH is 1. The monoisotopic (exact) mass is 232 g/mol. The normalized spacial score (nSPS) is 14.6. The molecule has 0 bridgehead atoms. The fourth-order valence-electron chi connectivity index (χ4n) is 1.35. The van der Waals surface area contributed by atoms with Gasteiger partial charge in [0.2, 0.25) is 5.91 Å². The van der Waals surface area contributed by atoms with Crippen LogP contribution in [-0.2, 0) is 9.59 Å². The number of nitrogens with one attached hydrogen (secondary N) is 1.